The molecule has 6 nitrogen and oxygen atoms in total. The number of likely N-dealkylation sites (N-methyl/N-ethyl adjacent to an activating group) is 1. The first kappa shape index (κ1) is 31.4. The molecule has 1 N–H and O–H groups in total. The Morgan fingerprint density at radius 3 is 2.03 bits per heavy atom. The second kappa shape index (κ2) is 13.1. The van der Waals surface area contributed by atoms with Crippen LogP contribution in [-0.2, 0) is 24.5 Å². The first-order valence-corrected chi connectivity index (χ1v) is 13.1. The van der Waals surface area contributed by atoms with Crippen LogP contribution in [-0.4, -0.2) is 48.4 Å². The van der Waals surface area contributed by atoms with Gasteiger partial charge in [-0.05, 0) is 37.2 Å². The van der Waals surface area contributed by atoms with Gasteiger partial charge in [-0.1, -0.05) is 91.8 Å². The van der Waals surface area contributed by atoms with Gasteiger partial charge in [0.15, 0.2) is 0 Å². The van der Waals surface area contributed by atoms with Crippen LogP contribution < -0.4 is 5.32 Å². The summed E-state index contributed by atoms with van der Waals surface area (Å²) in [4.78, 5) is 41.4. The predicted molar refractivity (Wildman–Crippen MR) is 146 cm³/mol. The molecule has 3 atom stereocenters. The van der Waals surface area contributed by atoms with Crippen LogP contribution in [0.2, 0.25) is 0 Å². The molecule has 0 spiro atoms. The maximum Gasteiger partial charge on any atom is 0.333 e. The molecule has 0 saturated carbocycles. The highest BCUT2D eigenvalue weighted by Gasteiger charge is 2.41. The summed E-state index contributed by atoms with van der Waals surface area (Å²) in [6.07, 6.45) is 2.43. The number of carbonyl (C=O) groups excluding carboxylic acids is 3. The maximum atomic E-state index is 13.8. The monoisotopic (exact) mass is 500 g/mol. The fourth-order valence-corrected chi connectivity index (χ4v) is 4.65. The molecule has 0 unspecified atom stereocenters. The van der Waals surface area contributed by atoms with Crippen molar-refractivity contribution in [2.45, 2.75) is 93.2 Å². The molecule has 1 aromatic carbocycles. The molecule has 0 radical (unpaired) electrons. The smallest absolute Gasteiger partial charge is 0.333 e. The number of hydrogen-bond acceptors (Lipinski definition) is 4. The van der Waals surface area contributed by atoms with Crippen LogP contribution in [0.3, 0.4) is 0 Å². The zero-order chi connectivity index (χ0) is 27.8. The van der Waals surface area contributed by atoms with Crippen molar-refractivity contribution in [1.82, 2.24) is 10.2 Å². The first-order chi connectivity index (χ1) is 16.6. The maximum absolute atomic E-state index is 13.8. The van der Waals surface area contributed by atoms with Gasteiger partial charge >= 0.3 is 5.97 Å². The van der Waals surface area contributed by atoms with Crippen LogP contribution >= 0.6 is 0 Å². The summed E-state index contributed by atoms with van der Waals surface area (Å²) in [7, 11) is 1.73. The Morgan fingerprint density at radius 2 is 1.58 bits per heavy atom. The van der Waals surface area contributed by atoms with Crippen molar-refractivity contribution in [3.8, 4) is 0 Å². The third kappa shape index (κ3) is 7.94. The van der Waals surface area contributed by atoms with Gasteiger partial charge in [0.1, 0.15) is 6.04 Å². The minimum Gasteiger partial charge on any atom is -0.463 e. The number of hydrogen-bond donors (Lipinski definition) is 1. The molecule has 0 heterocycles. The summed E-state index contributed by atoms with van der Waals surface area (Å²) in [6, 6.07) is 8.96. The van der Waals surface area contributed by atoms with Crippen molar-refractivity contribution < 1.29 is 19.1 Å². The van der Waals surface area contributed by atoms with Gasteiger partial charge in [0.2, 0.25) is 11.8 Å². The van der Waals surface area contributed by atoms with Crippen LogP contribution in [0, 0.1) is 17.3 Å². The largest absolute Gasteiger partial charge is 0.463 e. The van der Waals surface area contributed by atoms with Gasteiger partial charge in [0, 0.05) is 24.0 Å². The van der Waals surface area contributed by atoms with Crippen LogP contribution in [0.15, 0.2) is 42.0 Å². The molecular formula is C30H48N2O4. The van der Waals surface area contributed by atoms with E-state index in [9.17, 15) is 14.4 Å². The number of nitrogens with one attached hydrogen (secondary N) is 1. The molecule has 6 heteroatoms. The van der Waals surface area contributed by atoms with Crippen molar-refractivity contribution in [2.75, 3.05) is 13.7 Å². The molecule has 0 fully saturated rings. The molecule has 36 heavy (non-hydrogen) atoms. The summed E-state index contributed by atoms with van der Waals surface area (Å²) in [5, 5.41) is 3.11. The lowest BCUT2D eigenvalue weighted by molar-refractivity contribution is -0.142. The average molecular weight is 501 g/mol. The molecule has 202 valence electrons. The van der Waals surface area contributed by atoms with E-state index in [1.165, 1.54) is 0 Å². The third-order valence-electron chi connectivity index (χ3n) is 7.01. The number of rotatable bonds is 11. The number of benzene rings is 1. The second-order valence-corrected chi connectivity index (χ2v) is 11.6. The Bertz CT molecular complexity index is 913. The van der Waals surface area contributed by atoms with E-state index >= 15 is 0 Å². The van der Waals surface area contributed by atoms with Gasteiger partial charge in [0.25, 0.3) is 0 Å². The Kier molecular flexibility index (Phi) is 11.4. The molecule has 2 amide bonds. The van der Waals surface area contributed by atoms with E-state index in [2.05, 4.69) is 19.2 Å². The summed E-state index contributed by atoms with van der Waals surface area (Å²) in [5.41, 5.74) is 0.624. The third-order valence-corrected chi connectivity index (χ3v) is 7.01. The summed E-state index contributed by atoms with van der Waals surface area (Å²) in [5.74, 6) is -0.962. The Morgan fingerprint density at radius 1 is 1.03 bits per heavy atom. The normalized spacial score (nSPS) is 15.2. The van der Waals surface area contributed by atoms with E-state index in [1.54, 1.807) is 31.9 Å². The van der Waals surface area contributed by atoms with Crippen LogP contribution in [0.4, 0.5) is 0 Å². The van der Waals surface area contributed by atoms with Gasteiger partial charge in [-0.25, -0.2) is 4.79 Å². The fourth-order valence-electron chi connectivity index (χ4n) is 4.65. The molecule has 0 aliphatic carbocycles. The number of esters is 1. The average Bonchev–Trinajstić information content (AvgIpc) is 2.80. The van der Waals surface area contributed by atoms with Crippen LogP contribution in [0.5, 0.6) is 0 Å². The molecule has 0 aliphatic heterocycles. The molecule has 1 rings (SSSR count). The Balaban J connectivity index is 3.28. The highest BCUT2D eigenvalue weighted by Crippen LogP contribution is 2.35. The van der Waals surface area contributed by atoms with E-state index < -0.39 is 22.8 Å². The van der Waals surface area contributed by atoms with Crippen molar-refractivity contribution in [2.24, 2.45) is 17.3 Å². The van der Waals surface area contributed by atoms with Crippen LogP contribution in [0.25, 0.3) is 0 Å². The Hall–Kier alpha value is -2.63. The zero-order valence-electron chi connectivity index (χ0n) is 24.3. The van der Waals surface area contributed by atoms with Crippen molar-refractivity contribution in [3.05, 3.63) is 47.5 Å². The van der Waals surface area contributed by atoms with E-state index in [0.717, 1.165) is 5.56 Å². The lowest BCUT2D eigenvalue weighted by Gasteiger charge is -2.39. The van der Waals surface area contributed by atoms with E-state index in [0.29, 0.717) is 18.6 Å². The first-order valence-electron chi connectivity index (χ1n) is 13.1. The van der Waals surface area contributed by atoms with E-state index in [1.807, 2.05) is 71.9 Å². The SMILES string of the molecule is CCOC(=O)/C(C)=C/[C@@H](C(C)C)N(C)C(=O)[C@@H](NC(=O)[C@@H](CC)C(C)(C)c1ccccc1)C(C)(C)C. The van der Waals surface area contributed by atoms with Gasteiger partial charge in [-0.15, -0.1) is 0 Å². The highest BCUT2D eigenvalue weighted by atomic mass is 16.5. The van der Waals surface area contributed by atoms with E-state index in [4.69, 9.17) is 4.74 Å². The lowest BCUT2D eigenvalue weighted by atomic mass is 9.71. The number of nitrogens with zero attached hydrogens (tertiary/aromatic N) is 1. The Labute approximate surface area is 218 Å². The standard InChI is InChI=1S/C30H48N2O4/c1-12-23(30(9,10)22-17-15-14-16-18-22)26(33)31-25(29(6,7)8)27(34)32(11)24(20(3)4)19-21(5)28(35)36-13-2/h14-20,23-25H,12-13H2,1-11H3,(H,31,33)/b21-19+/t23-,24+,25-/m1/s1. The summed E-state index contributed by atoms with van der Waals surface area (Å²) < 4.78 is 5.12. The lowest BCUT2D eigenvalue weighted by Crippen LogP contribution is -2.58. The molecule has 0 aromatic heterocycles. The van der Waals surface area contributed by atoms with Crippen molar-refractivity contribution in [1.29, 1.82) is 0 Å². The van der Waals surface area contributed by atoms with E-state index in [-0.39, 0.29) is 29.7 Å². The zero-order valence-corrected chi connectivity index (χ0v) is 24.3. The molecular weight excluding hydrogens is 452 g/mol. The van der Waals surface area contributed by atoms with Gasteiger partial charge < -0.3 is 15.0 Å². The molecule has 0 bridgehead atoms. The molecule has 0 saturated heterocycles. The fraction of sp³-hybridized carbons (Fsp3) is 0.633. The highest BCUT2D eigenvalue weighted by molar-refractivity contribution is 5.90. The summed E-state index contributed by atoms with van der Waals surface area (Å²) in [6.45, 7) is 19.8. The number of amides is 2. The van der Waals surface area contributed by atoms with Crippen LogP contribution in [0.1, 0.15) is 81.2 Å². The minimum atomic E-state index is -0.729. The van der Waals surface area contributed by atoms with Gasteiger partial charge in [-0.2, -0.15) is 0 Å². The number of ether oxygens (including phenoxy) is 1. The predicted octanol–water partition coefficient (Wildman–Crippen LogP) is 5.51. The van der Waals surface area contributed by atoms with Crippen molar-refractivity contribution in [3.63, 3.8) is 0 Å². The summed E-state index contributed by atoms with van der Waals surface area (Å²) >= 11 is 0. The van der Waals surface area contributed by atoms with Gasteiger partial charge in [0.05, 0.1) is 12.6 Å². The molecule has 0 aliphatic rings. The quantitative estimate of drug-likeness (QED) is 0.321. The molecule has 1 aromatic rings. The minimum absolute atomic E-state index is 0.0556. The van der Waals surface area contributed by atoms with Crippen molar-refractivity contribution >= 4 is 17.8 Å². The van der Waals surface area contributed by atoms with Gasteiger partial charge in [-0.3, -0.25) is 9.59 Å². The second-order valence-electron chi connectivity index (χ2n) is 11.6. The topological polar surface area (TPSA) is 75.7 Å². The number of carbonyl (C=O) groups is 3.